The van der Waals surface area contributed by atoms with Gasteiger partial charge in [-0.15, -0.1) is 0 Å². The SMILES string of the molecule is c1ccc(N(c2ccc(-n3c4ccccc4c4ccc5ccccc5c43)cc2)c2cccc(C3(c4ccccc4)c4ccccc4C4(c5ccccc5)c5ccccc5-c5cccc3c54)c2)cc1. The van der Waals surface area contributed by atoms with Crippen LogP contribution in [0.15, 0.2) is 267 Å². The third kappa shape index (κ3) is 5.23. The van der Waals surface area contributed by atoms with Crippen LogP contribution >= 0.6 is 0 Å². The molecule has 12 aromatic rings. The maximum absolute atomic E-state index is 2.46. The Labute approximate surface area is 396 Å². The normalized spacial score (nSPS) is 16.6. The van der Waals surface area contributed by atoms with Gasteiger partial charge in [0.15, 0.2) is 0 Å². The maximum atomic E-state index is 2.46. The molecule has 2 atom stereocenters. The highest BCUT2D eigenvalue weighted by Crippen LogP contribution is 2.66. The Hall–Kier alpha value is -8.72. The lowest BCUT2D eigenvalue weighted by atomic mass is 9.51. The Bertz CT molecular complexity index is 3910. The number of hydrogen-bond donors (Lipinski definition) is 0. The molecule has 0 aliphatic heterocycles. The summed E-state index contributed by atoms with van der Waals surface area (Å²) in [4.78, 5) is 2.42. The van der Waals surface area contributed by atoms with Crippen LogP contribution in [0.2, 0.25) is 0 Å². The van der Waals surface area contributed by atoms with Gasteiger partial charge >= 0.3 is 0 Å². The second kappa shape index (κ2) is 14.9. The van der Waals surface area contributed by atoms with Crippen LogP contribution in [0.4, 0.5) is 17.1 Å². The molecule has 0 spiro atoms. The summed E-state index contributed by atoms with van der Waals surface area (Å²) < 4.78 is 2.44. The molecule has 2 nitrogen and oxygen atoms in total. The minimum Gasteiger partial charge on any atom is -0.310 e. The smallest absolute Gasteiger partial charge is 0.0720 e. The van der Waals surface area contributed by atoms with Gasteiger partial charge in [0.1, 0.15) is 0 Å². The molecule has 2 heteroatoms. The predicted molar refractivity (Wildman–Crippen MR) is 282 cm³/mol. The average Bonchev–Trinajstić information content (AvgIpc) is 3.92. The van der Waals surface area contributed by atoms with Gasteiger partial charge < -0.3 is 9.47 Å². The van der Waals surface area contributed by atoms with Gasteiger partial charge in [-0.25, -0.2) is 0 Å². The fraction of sp³-hybridized carbons (Fsp3) is 0.0303. The number of fused-ring (bicyclic) bond motifs is 10. The van der Waals surface area contributed by atoms with Crippen LogP contribution < -0.4 is 4.90 Å². The monoisotopic (exact) mass is 864 g/mol. The average molecular weight is 865 g/mol. The standard InChI is InChI=1S/C66H44N2/c1-4-21-46(22-5-1)65(59-34-15-16-35-60(59)66(47-23-6-2-7-24-47)58-33-14-12-30-54(58)56-32-19-36-61(65)63(56)66)48-25-18-28-52(44-48)67(49-26-8-3-9-27-49)50-39-41-51(42-40-50)68-62-37-17-13-31-55(62)57-43-38-45-20-10-11-29-53(45)64(57)68/h1-44H. The van der Waals surface area contributed by atoms with Crippen molar-refractivity contribution in [2.75, 3.05) is 4.90 Å². The zero-order valence-electron chi connectivity index (χ0n) is 37.3. The zero-order valence-corrected chi connectivity index (χ0v) is 37.3. The van der Waals surface area contributed by atoms with E-state index in [-0.39, 0.29) is 0 Å². The van der Waals surface area contributed by atoms with E-state index < -0.39 is 10.8 Å². The van der Waals surface area contributed by atoms with E-state index in [9.17, 15) is 0 Å². The minimum absolute atomic E-state index is 0.503. The van der Waals surface area contributed by atoms with Gasteiger partial charge in [0.25, 0.3) is 0 Å². The summed E-state index contributed by atoms with van der Waals surface area (Å²) in [5, 5.41) is 5.00. The molecule has 0 saturated carbocycles. The molecule has 0 fully saturated rings. The highest BCUT2D eigenvalue weighted by Gasteiger charge is 2.57. The summed E-state index contributed by atoms with van der Waals surface area (Å²) in [5.74, 6) is 0. The number of para-hydroxylation sites is 2. The van der Waals surface area contributed by atoms with Crippen molar-refractivity contribution in [1.82, 2.24) is 4.57 Å². The van der Waals surface area contributed by atoms with E-state index in [1.165, 1.54) is 88.2 Å². The van der Waals surface area contributed by atoms with E-state index in [0.717, 1.165) is 22.7 Å². The number of aromatic nitrogens is 1. The van der Waals surface area contributed by atoms with Crippen molar-refractivity contribution in [3.8, 4) is 16.8 Å². The van der Waals surface area contributed by atoms with Gasteiger partial charge in [0, 0.05) is 38.9 Å². The first kappa shape index (κ1) is 38.5. The topological polar surface area (TPSA) is 8.17 Å². The van der Waals surface area contributed by atoms with Crippen molar-refractivity contribution in [2.45, 2.75) is 10.8 Å². The zero-order chi connectivity index (χ0) is 44.8. The lowest BCUT2D eigenvalue weighted by molar-refractivity contribution is 0.627. The third-order valence-electron chi connectivity index (χ3n) is 15.1. The number of anilines is 3. The van der Waals surface area contributed by atoms with Gasteiger partial charge in [0.2, 0.25) is 0 Å². The Morgan fingerprint density at radius 2 is 0.838 bits per heavy atom. The van der Waals surface area contributed by atoms with E-state index in [4.69, 9.17) is 0 Å². The highest BCUT2D eigenvalue weighted by molar-refractivity contribution is 6.18. The summed E-state index contributed by atoms with van der Waals surface area (Å²) >= 11 is 0. The summed E-state index contributed by atoms with van der Waals surface area (Å²) in [7, 11) is 0. The first-order chi connectivity index (χ1) is 33.8. The van der Waals surface area contributed by atoms with Crippen LogP contribution in [0.3, 0.4) is 0 Å². The quantitative estimate of drug-likeness (QED) is 0.155. The van der Waals surface area contributed by atoms with Crippen LogP contribution in [0.25, 0.3) is 49.4 Å². The summed E-state index contributed by atoms with van der Waals surface area (Å²) in [6.45, 7) is 0. The number of hydrogen-bond acceptors (Lipinski definition) is 1. The minimum atomic E-state index is -0.662. The number of rotatable bonds is 7. The molecule has 0 N–H and O–H groups in total. The van der Waals surface area contributed by atoms with Crippen molar-refractivity contribution in [1.29, 1.82) is 0 Å². The van der Waals surface area contributed by atoms with Crippen molar-refractivity contribution >= 4 is 49.6 Å². The molecule has 318 valence electrons. The molecule has 11 aromatic carbocycles. The molecular formula is C66H44N2. The van der Waals surface area contributed by atoms with Gasteiger partial charge in [-0.3, -0.25) is 0 Å². The van der Waals surface area contributed by atoms with Crippen LogP contribution in [0, 0.1) is 0 Å². The van der Waals surface area contributed by atoms with Crippen molar-refractivity contribution in [2.24, 2.45) is 0 Å². The first-order valence-electron chi connectivity index (χ1n) is 23.7. The van der Waals surface area contributed by atoms with E-state index in [1.807, 2.05) is 0 Å². The Balaban J connectivity index is 1.00. The Morgan fingerprint density at radius 3 is 1.60 bits per heavy atom. The second-order valence-corrected chi connectivity index (χ2v) is 18.3. The van der Waals surface area contributed by atoms with Gasteiger partial charge in [-0.2, -0.15) is 0 Å². The van der Waals surface area contributed by atoms with Crippen molar-refractivity contribution in [3.05, 3.63) is 311 Å². The van der Waals surface area contributed by atoms with Crippen LogP contribution in [-0.4, -0.2) is 4.57 Å². The van der Waals surface area contributed by atoms with Gasteiger partial charge in [-0.1, -0.05) is 212 Å². The molecule has 0 saturated heterocycles. The van der Waals surface area contributed by atoms with E-state index in [2.05, 4.69) is 276 Å². The van der Waals surface area contributed by atoms with Gasteiger partial charge in [-0.05, 0) is 116 Å². The van der Waals surface area contributed by atoms with Crippen molar-refractivity contribution in [3.63, 3.8) is 0 Å². The number of benzene rings is 11. The van der Waals surface area contributed by atoms with Crippen LogP contribution in [0.1, 0.15) is 44.5 Å². The summed E-state index contributed by atoms with van der Waals surface area (Å²) in [6.07, 6.45) is 0. The molecule has 1 aromatic heterocycles. The molecule has 2 aliphatic rings. The fourth-order valence-corrected chi connectivity index (χ4v) is 12.5. The lowest BCUT2D eigenvalue weighted by Gasteiger charge is -2.49. The fourth-order valence-electron chi connectivity index (χ4n) is 12.5. The molecule has 0 amide bonds. The molecule has 14 rings (SSSR count). The molecular weight excluding hydrogens is 821 g/mol. The van der Waals surface area contributed by atoms with E-state index in [1.54, 1.807) is 0 Å². The summed E-state index contributed by atoms with van der Waals surface area (Å²) in [6, 6.07) is 99.3. The highest BCUT2D eigenvalue weighted by atomic mass is 15.1. The van der Waals surface area contributed by atoms with E-state index >= 15 is 0 Å². The predicted octanol–water partition coefficient (Wildman–Crippen LogP) is 16.5. The van der Waals surface area contributed by atoms with Crippen molar-refractivity contribution < 1.29 is 0 Å². The van der Waals surface area contributed by atoms with Gasteiger partial charge in [0.05, 0.1) is 21.9 Å². The molecule has 2 unspecified atom stereocenters. The first-order valence-corrected chi connectivity index (χ1v) is 23.7. The molecule has 0 bridgehead atoms. The molecule has 68 heavy (non-hydrogen) atoms. The van der Waals surface area contributed by atoms with Crippen LogP contribution in [0.5, 0.6) is 0 Å². The number of nitrogens with zero attached hydrogens (tertiary/aromatic N) is 2. The lowest BCUT2D eigenvalue weighted by Crippen LogP contribution is -2.44. The van der Waals surface area contributed by atoms with E-state index in [0.29, 0.717) is 0 Å². The maximum Gasteiger partial charge on any atom is 0.0720 e. The molecule has 1 heterocycles. The molecule has 0 radical (unpaired) electrons. The van der Waals surface area contributed by atoms with Crippen LogP contribution in [-0.2, 0) is 10.8 Å². The largest absolute Gasteiger partial charge is 0.310 e. The Kier molecular flexibility index (Phi) is 8.45. The Morgan fingerprint density at radius 1 is 0.309 bits per heavy atom. The summed E-state index contributed by atoms with van der Waals surface area (Å²) in [5.41, 5.74) is 18.6. The second-order valence-electron chi connectivity index (χ2n) is 18.3. The molecule has 2 aliphatic carbocycles. The third-order valence-corrected chi connectivity index (χ3v) is 15.1.